The van der Waals surface area contributed by atoms with Crippen LogP contribution in [0.15, 0.2) is 6.33 Å². The van der Waals surface area contributed by atoms with E-state index in [9.17, 15) is 4.79 Å². The van der Waals surface area contributed by atoms with Gasteiger partial charge in [-0.05, 0) is 6.92 Å². The molecule has 0 amide bonds. The number of nitrogens with zero attached hydrogens (tertiary/aromatic N) is 3. The zero-order valence-electron chi connectivity index (χ0n) is 8.94. The Hall–Kier alpha value is -2.18. The molecule has 2 aromatic heterocycles. The van der Waals surface area contributed by atoms with E-state index in [-0.39, 0.29) is 12.5 Å². The van der Waals surface area contributed by atoms with E-state index in [0.29, 0.717) is 11.3 Å². The molecule has 0 fully saturated rings. The molecule has 2 N–H and O–H groups in total. The summed E-state index contributed by atoms with van der Waals surface area (Å²) < 4.78 is 4.52. The minimum Gasteiger partial charge on any atom is -0.468 e. The van der Waals surface area contributed by atoms with E-state index in [1.807, 2.05) is 6.92 Å². The molecule has 2 heterocycles. The van der Waals surface area contributed by atoms with Crippen LogP contribution in [0.4, 0.5) is 5.82 Å². The average Bonchev–Trinajstić information content (AvgIpc) is 2.69. The summed E-state index contributed by atoms with van der Waals surface area (Å²) in [5, 5.41) is 9.71. The summed E-state index contributed by atoms with van der Waals surface area (Å²) in [6.07, 6.45) is 1.42. The third-order valence-electron chi connectivity index (χ3n) is 2.14. The summed E-state index contributed by atoms with van der Waals surface area (Å²) in [5.74, 6) is 0.152. The van der Waals surface area contributed by atoms with Gasteiger partial charge >= 0.3 is 5.97 Å². The lowest BCUT2D eigenvalue weighted by Crippen LogP contribution is -2.16. The summed E-state index contributed by atoms with van der Waals surface area (Å²) in [5.41, 5.74) is 2.21. The van der Waals surface area contributed by atoms with Gasteiger partial charge in [-0.25, -0.2) is 9.97 Å². The Kier molecular flexibility index (Phi) is 2.67. The minimum absolute atomic E-state index is 0.0501. The lowest BCUT2D eigenvalue weighted by Gasteiger charge is -2.03. The lowest BCUT2D eigenvalue weighted by molar-refractivity contribution is -0.138. The summed E-state index contributed by atoms with van der Waals surface area (Å²) in [6, 6.07) is 0. The predicted molar refractivity (Wildman–Crippen MR) is 56.9 cm³/mol. The maximum absolute atomic E-state index is 11.0. The molecule has 0 spiro atoms. The van der Waals surface area contributed by atoms with Crippen LogP contribution >= 0.6 is 0 Å². The molecule has 7 nitrogen and oxygen atoms in total. The molecule has 0 aromatic carbocycles. The van der Waals surface area contributed by atoms with Crippen molar-refractivity contribution >= 4 is 22.8 Å². The van der Waals surface area contributed by atoms with Crippen LogP contribution in [0.3, 0.4) is 0 Å². The molecular weight excluding hydrogens is 210 g/mol. The van der Waals surface area contributed by atoms with E-state index in [1.54, 1.807) is 0 Å². The van der Waals surface area contributed by atoms with Gasteiger partial charge in [-0.2, -0.15) is 5.10 Å². The maximum atomic E-state index is 11.0. The molecule has 0 bridgehead atoms. The Morgan fingerprint density at radius 1 is 1.50 bits per heavy atom. The molecule has 0 aliphatic rings. The zero-order chi connectivity index (χ0) is 11.5. The van der Waals surface area contributed by atoms with Gasteiger partial charge in [-0.15, -0.1) is 0 Å². The number of hydrogen-bond acceptors (Lipinski definition) is 6. The monoisotopic (exact) mass is 221 g/mol. The molecule has 0 saturated carbocycles. The molecular formula is C9H11N5O2. The van der Waals surface area contributed by atoms with Crippen molar-refractivity contribution in [2.24, 2.45) is 0 Å². The normalized spacial score (nSPS) is 10.4. The van der Waals surface area contributed by atoms with E-state index in [1.165, 1.54) is 13.4 Å². The number of esters is 1. The smallest absolute Gasteiger partial charge is 0.325 e. The Bertz CT molecular complexity index is 522. The Balaban J connectivity index is 2.27. The van der Waals surface area contributed by atoms with Gasteiger partial charge in [-0.1, -0.05) is 0 Å². The fourth-order valence-electron chi connectivity index (χ4n) is 1.31. The third kappa shape index (κ3) is 1.79. The number of fused-ring (bicyclic) bond motifs is 1. The van der Waals surface area contributed by atoms with E-state index >= 15 is 0 Å². The maximum Gasteiger partial charge on any atom is 0.325 e. The molecule has 2 aromatic rings. The van der Waals surface area contributed by atoms with Gasteiger partial charge < -0.3 is 10.1 Å². The first-order chi connectivity index (χ1) is 7.72. The fraction of sp³-hybridized carbons (Fsp3) is 0.333. The summed E-state index contributed by atoms with van der Waals surface area (Å²) >= 11 is 0. The van der Waals surface area contributed by atoms with Crippen LogP contribution in [0.1, 0.15) is 5.69 Å². The van der Waals surface area contributed by atoms with Crippen LogP contribution in [0.5, 0.6) is 0 Å². The molecule has 2 rings (SSSR count). The van der Waals surface area contributed by atoms with Crippen molar-refractivity contribution in [3.05, 3.63) is 12.0 Å². The molecule has 84 valence electrons. The zero-order valence-corrected chi connectivity index (χ0v) is 8.94. The number of aromatic amines is 1. The van der Waals surface area contributed by atoms with Crippen molar-refractivity contribution in [3.8, 4) is 0 Å². The van der Waals surface area contributed by atoms with Crippen LogP contribution < -0.4 is 5.32 Å². The first-order valence-corrected chi connectivity index (χ1v) is 4.68. The number of aromatic nitrogens is 4. The summed E-state index contributed by atoms with van der Waals surface area (Å²) in [4.78, 5) is 19.1. The molecule has 7 heteroatoms. The first-order valence-electron chi connectivity index (χ1n) is 4.68. The number of ether oxygens (including phenoxy) is 1. The highest BCUT2D eigenvalue weighted by Crippen LogP contribution is 2.17. The second kappa shape index (κ2) is 4.13. The fourth-order valence-corrected chi connectivity index (χ4v) is 1.31. The van der Waals surface area contributed by atoms with Crippen molar-refractivity contribution in [2.75, 3.05) is 19.0 Å². The Morgan fingerprint density at radius 2 is 2.31 bits per heavy atom. The van der Waals surface area contributed by atoms with Gasteiger partial charge in [0.05, 0.1) is 12.8 Å². The van der Waals surface area contributed by atoms with Crippen molar-refractivity contribution < 1.29 is 9.53 Å². The van der Waals surface area contributed by atoms with Crippen LogP contribution in [-0.2, 0) is 9.53 Å². The largest absolute Gasteiger partial charge is 0.468 e. The van der Waals surface area contributed by atoms with E-state index in [4.69, 9.17) is 0 Å². The van der Waals surface area contributed by atoms with Gasteiger partial charge in [-0.3, -0.25) is 9.89 Å². The minimum atomic E-state index is -0.362. The summed E-state index contributed by atoms with van der Waals surface area (Å²) in [7, 11) is 1.33. The highest BCUT2D eigenvalue weighted by Gasteiger charge is 2.09. The first kappa shape index (κ1) is 10.3. The van der Waals surface area contributed by atoms with Crippen molar-refractivity contribution in [1.82, 2.24) is 20.2 Å². The van der Waals surface area contributed by atoms with E-state index in [0.717, 1.165) is 11.2 Å². The second-order valence-corrected chi connectivity index (χ2v) is 3.20. The van der Waals surface area contributed by atoms with Gasteiger partial charge in [0, 0.05) is 0 Å². The van der Waals surface area contributed by atoms with Gasteiger partial charge in [0.25, 0.3) is 0 Å². The van der Waals surface area contributed by atoms with Gasteiger partial charge in [0.2, 0.25) is 0 Å². The molecule has 0 radical (unpaired) electrons. The highest BCUT2D eigenvalue weighted by molar-refractivity contribution is 5.87. The number of carbonyl (C=O) groups excluding carboxylic acids is 1. The second-order valence-electron chi connectivity index (χ2n) is 3.20. The Morgan fingerprint density at radius 3 is 3.06 bits per heavy atom. The van der Waals surface area contributed by atoms with Gasteiger partial charge in [0.1, 0.15) is 18.4 Å². The lowest BCUT2D eigenvalue weighted by atomic mass is 10.3. The quantitative estimate of drug-likeness (QED) is 0.721. The number of hydrogen-bond donors (Lipinski definition) is 2. The number of carbonyl (C=O) groups is 1. The molecule has 16 heavy (non-hydrogen) atoms. The standard InChI is InChI=1S/C9H11N5O2/c1-5-7-8(14-13-5)9(12-4-11-7)10-3-6(15)16-2/h4H,3H2,1-2H3,(H,13,14)(H,10,11,12). The average molecular weight is 221 g/mol. The molecule has 0 unspecified atom stereocenters. The molecule has 0 aliphatic heterocycles. The van der Waals surface area contributed by atoms with Crippen molar-refractivity contribution in [3.63, 3.8) is 0 Å². The third-order valence-corrected chi connectivity index (χ3v) is 2.14. The van der Waals surface area contributed by atoms with Gasteiger partial charge in [0.15, 0.2) is 11.3 Å². The number of rotatable bonds is 3. The van der Waals surface area contributed by atoms with Crippen LogP contribution in [0.25, 0.3) is 11.0 Å². The van der Waals surface area contributed by atoms with Crippen molar-refractivity contribution in [2.45, 2.75) is 6.92 Å². The number of anilines is 1. The molecule has 0 atom stereocenters. The van der Waals surface area contributed by atoms with Crippen molar-refractivity contribution in [1.29, 1.82) is 0 Å². The SMILES string of the molecule is COC(=O)CNc1ncnc2c(C)[nH]nc12. The highest BCUT2D eigenvalue weighted by atomic mass is 16.5. The molecule has 0 saturated heterocycles. The van der Waals surface area contributed by atoms with E-state index in [2.05, 4.69) is 30.2 Å². The van der Waals surface area contributed by atoms with Crippen LogP contribution in [0, 0.1) is 6.92 Å². The topological polar surface area (TPSA) is 92.8 Å². The Labute approximate surface area is 91.2 Å². The van der Waals surface area contributed by atoms with Crippen LogP contribution in [0.2, 0.25) is 0 Å². The number of aryl methyl sites for hydroxylation is 1. The molecule has 0 aliphatic carbocycles. The number of methoxy groups -OCH3 is 1. The summed E-state index contributed by atoms with van der Waals surface area (Å²) in [6.45, 7) is 1.92. The number of nitrogens with one attached hydrogen (secondary N) is 2. The van der Waals surface area contributed by atoms with E-state index < -0.39 is 0 Å². The predicted octanol–water partition coefficient (Wildman–Crippen LogP) is 0.246. The van der Waals surface area contributed by atoms with Crippen LogP contribution in [-0.4, -0.2) is 39.8 Å². The number of H-pyrrole nitrogens is 1.